The van der Waals surface area contributed by atoms with E-state index in [1.807, 2.05) is 0 Å². The first-order valence-corrected chi connectivity index (χ1v) is 10.5. The van der Waals surface area contributed by atoms with E-state index in [1.54, 1.807) is 12.1 Å². The standard InChI is InChI=1S/C23H27F3N4O2/c1-30-12-9-16(10-13-30)8-11-27-22(32)29-19-6-2-4-17(14-19)21(31)28-20-7-3-5-18(15-20)23(24,25)26/h2-7,14-16H,8-13H2,1H3,(H,28,31)(H2,27,29,32). The molecule has 1 aliphatic rings. The number of hydrogen-bond donors (Lipinski definition) is 3. The fourth-order valence-electron chi connectivity index (χ4n) is 3.63. The second-order valence-electron chi connectivity index (χ2n) is 8.03. The molecule has 0 atom stereocenters. The van der Waals surface area contributed by atoms with Crippen LogP contribution in [-0.4, -0.2) is 43.5 Å². The monoisotopic (exact) mass is 448 g/mol. The molecule has 0 aromatic heterocycles. The van der Waals surface area contributed by atoms with Crippen molar-refractivity contribution in [1.82, 2.24) is 10.2 Å². The van der Waals surface area contributed by atoms with Gasteiger partial charge in [-0.05, 0) is 81.7 Å². The van der Waals surface area contributed by atoms with Crippen molar-refractivity contribution in [1.29, 1.82) is 0 Å². The highest BCUT2D eigenvalue weighted by atomic mass is 19.4. The third kappa shape index (κ3) is 6.98. The van der Waals surface area contributed by atoms with Crippen LogP contribution in [0.1, 0.15) is 35.2 Å². The second-order valence-corrected chi connectivity index (χ2v) is 8.03. The molecule has 6 nitrogen and oxygen atoms in total. The van der Waals surface area contributed by atoms with E-state index < -0.39 is 17.6 Å². The fourth-order valence-corrected chi connectivity index (χ4v) is 3.63. The maximum absolute atomic E-state index is 12.9. The zero-order valence-corrected chi connectivity index (χ0v) is 17.8. The second kappa shape index (κ2) is 10.5. The van der Waals surface area contributed by atoms with E-state index >= 15 is 0 Å². The fraction of sp³-hybridized carbons (Fsp3) is 0.391. The van der Waals surface area contributed by atoms with Crippen molar-refractivity contribution in [3.8, 4) is 0 Å². The Morgan fingerprint density at radius 1 is 1.00 bits per heavy atom. The maximum Gasteiger partial charge on any atom is 0.416 e. The Kier molecular flexibility index (Phi) is 7.74. The van der Waals surface area contributed by atoms with Gasteiger partial charge in [-0.15, -0.1) is 0 Å². The largest absolute Gasteiger partial charge is 0.416 e. The lowest BCUT2D eigenvalue weighted by atomic mass is 9.94. The van der Waals surface area contributed by atoms with Gasteiger partial charge in [0.2, 0.25) is 0 Å². The summed E-state index contributed by atoms with van der Waals surface area (Å²) in [7, 11) is 2.11. The molecule has 9 heteroatoms. The summed E-state index contributed by atoms with van der Waals surface area (Å²) < 4.78 is 38.6. The van der Waals surface area contributed by atoms with Crippen LogP contribution in [0.4, 0.5) is 29.3 Å². The maximum atomic E-state index is 12.9. The highest BCUT2D eigenvalue weighted by Gasteiger charge is 2.30. The summed E-state index contributed by atoms with van der Waals surface area (Å²) in [6.45, 7) is 2.72. The van der Waals surface area contributed by atoms with Crippen molar-refractivity contribution in [2.45, 2.75) is 25.4 Å². The lowest BCUT2D eigenvalue weighted by Crippen LogP contribution is -2.34. The van der Waals surface area contributed by atoms with E-state index in [0.29, 0.717) is 18.2 Å². The molecule has 0 unspecified atom stereocenters. The number of anilines is 2. The SMILES string of the molecule is CN1CCC(CCNC(=O)Nc2cccc(C(=O)Nc3cccc(C(F)(F)F)c3)c2)CC1. The molecule has 0 aliphatic carbocycles. The first kappa shape index (κ1) is 23.6. The predicted molar refractivity (Wildman–Crippen MR) is 118 cm³/mol. The summed E-state index contributed by atoms with van der Waals surface area (Å²) in [4.78, 5) is 26.9. The number of nitrogens with one attached hydrogen (secondary N) is 3. The average Bonchev–Trinajstić information content (AvgIpc) is 2.75. The number of rotatable bonds is 6. The summed E-state index contributed by atoms with van der Waals surface area (Å²) in [5.41, 5.74) is -0.178. The van der Waals surface area contributed by atoms with Crippen molar-refractivity contribution >= 4 is 23.3 Å². The van der Waals surface area contributed by atoms with Gasteiger partial charge in [0, 0.05) is 23.5 Å². The van der Waals surface area contributed by atoms with Crippen LogP contribution in [0.15, 0.2) is 48.5 Å². The van der Waals surface area contributed by atoms with Gasteiger partial charge >= 0.3 is 12.2 Å². The summed E-state index contributed by atoms with van der Waals surface area (Å²) in [5.74, 6) is 0.0324. The summed E-state index contributed by atoms with van der Waals surface area (Å²) in [5, 5.41) is 7.97. The molecule has 1 fully saturated rings. The molecule has 0 bridgehead atoms. The summed E-state index contributed by atoms with van der Waals surface area (Å²) in [6.07, 6.45) is -1.32. The summed E-state index contributed by atoms with van der Waals surface area (Å²) >= 11 is 0. The number of alkyl halides is 3. The van der Waals surface area contributed by atoms with Crippen LogP contribution in [0, 0.1) is 5.92 Å². The van der Waals surface area contributed by atoms with Gasteiger partial charge in [-0.2, -0.15) is 13.2 Å². The van der Waals surface area contributed by atoms with Crippen molar-refractivity contribution in [3.05, 3.63) is 59.7 Å². The van der Waals surface area contributed by atoms with E-state index in [2.05, 4.69) is 27.9 Å². The van der Waals surface area contributed by atoms with E-state index in [4.69, 9.17) is 0 Å². The quantitative estimate of drug-likeness (QED) is 0.594. The Hall–Kier alpha value is -3.07. The van der Waals surface area contributed by atoms with Gasteiger partial charge < -0.3 is 20.9 Å². The third-order valence-electron chi connectivity index (χ3n) is 5.51. The van der Waals surface area contributed by atoms with Gasteiger partial charge in [0.1, 0.15) is 0 Å². The van der Waals surface area contributed by atoms with Gasteiger partial charge in [-0.25, -0.2) is 4.79 Å². The topological polar surface area (TPSA) is 73.5 Å². The Balaban J connectivity index is 1.51. The Morgan fingerprint density at radius 3 is 2.34 bits per heavy atom. The number of urea groups is 1. The molecule has 3 N–H and O–H groups in total. The molecule has 172 valence electrons. The highest BCUT2D eigenvalue weighted by molar-refractivity contribution is 6.05. The molecule has 3 rings (SSSR count). The number of carbonyl (C=O) groups excluding carboxylic acids is 2. The normalized spacial score (nSPS) is 15.2. The molecule has 2 aromatic carbocycles. The van der Waals surface area contributed by atoms with E-state index in [9.17, 15) is 22.8 Å². The van der Waals surface area contributed by atoms with Crippen molar-refractivity contribution in [2.75, 3.05) is 37.3 Å². The predicted octanol–water partition coefficient (Wildman–Crippen LogP) is 4.81. The van der Waals surface area contributed by atoms with Crippen LogP contribution >= 0.6 is 0 Å². The molecule has 1 aliphatic heterocycles. The van der Waals surface area contributed by atoms with Crippen LogP contribution in [0.5, 0.6) is 0 Å². The van der Waals surface area contributed by atoms with Crippen molar-refractivity contribution in [2.24, 2.45) is 5.92 Å². The molecule has 3 amide bonds. The molecule has 1 heterocycles. The minimum atomic E-state index is -4.49. The zero-order valence-electron chi connectivity index (χ0n) is 17.8. The Morgan fingerprint density at radius 2 is 1.66 bits per heavy atom. The van der Waals surface area contributed by atoms with Gasteiger partial charge in [0.25, 0.3) is 5.91 Å². The number of carbonyl (C=O) groups is 2. The molecule has 0 radical (unpaired) electrons. The molecule has 0 spiro atoms. The minimum Gasteiger partial charge on any atom is -0.338 e. The minimum absolute atomic E-state index is 0.0369. The van der Waals surface area contributed by atoms with Gasteiger partial charge in [0.15, 0.2) is 0 Å². The van der Waals surface area contributed by atoms with Crippen LogP contribution in [-0.2, 0) is 6.18 Å². The van der Waals surface area contributed by atoms with Crippen molar-refractivity contribution in [3.63, 3.8) is 0 Å². The molecule has 1 saturated heterocycles. The first-order valence-electron chi connectivity index (χ1n) is 10.5. The smallest absolute Gasteiger partial charge is 0.338 e. The average molecular weight is 448 g/mol. The Bertz CT molecular complexity index is 941. The number of hydrogen-bond acceptors (Lipinski definition) is 3. The Labute approximate surface area is 185 Å². The number of amides is 3. The zero-order chi connectivity index (χ0) is 23.1. The molecule has 0 saturated carbocycles. The summed E-state index contributed by atoms with van der Waals surface area (Å²) in [6, 6.07) is 10.3. The number of nitrogens with zero attached hydrogens (tertiary/aromatic N) is 1. The number of piperidine rings is 1. The number of likely N-dealkylation sites (tertiary alicyclic amines) is 1. The molecular formula is C23H27F3N4O2. The van der Waals surface area contributed by atoms with E-state index in [0.717, 1.165) is 44.5 Å². The van der Waals surface area contributed by atoms with Gasteiger partial charge in [-0.3, -0.25) is 4.79 Å². The molecule has 32 heavy (non-hydrogen) atoms. The molecule has 2 aromatic rings. The van der Waals surface area contributed by atoms with Crippen molar-refractivity contribution < 1.29 is 22.8 Å². The van der Waals surface area contributed by atoms with Gasteiger partial charge in [0.05, 0.1) is 5.56 Å². The van der Waals surface area contributed by atoms with Crippen LogP contribution in [0.3, 0.4) is 0 Å². The highest BCUT2D eigenvalue weighted by Crippen LogP contribution is 2.30. The lowest BCUT2D eigenvalue weighted by Gasteiger charge is -2.28. The van der Waals surface area contributed by atoms with E-state index in [-0.39, 0.29) is 17.3 Å². The van der Waals surface area contributed by atoms with E-state index in [1.165, 1.54) is 24.3 Å². The van der Waals surface area contributed by atoms with Crippen LogP contribution in [0.2, 0.25) is 0 Å². The van der Waals surface area contributed by atoms with Crippen LogP contribution < -0.4 is 16.0 Å². The first-order chi connectivity index (χ1) is 15.2. The third-order valence-corrected chi connectivity index (χ3v) is 5.51. The number of halogens is 3. The number of benzene rings is 2. The lowest BCUT2D eigenvalue weighted by molar-refractivity contribution is -0.137. The van der Waals surface area contributed by atoms with Gasteiger partial charge in [-0.1, -0.05) is 12.1 Å². The van der Waals surface area contributed by atoms with Crippen LogP contribution in [0.25, 0.3) is 0 Å². The molecular weight excluding hydrogens is 421 g/mol.